The Bertz CT molecular complexity index is 3000. The largest absolute Gasteiger partial charge is 0.493 e. The molecule has 0 radical (unpaired) electrons. The molecule has 3 aliphatic rings. The van der Waals surface area contributed by atoms with Crippen molar-refractivity contribution in [3.8, 4) is 22.6 Å². The van der Waals surface area contributed by atoms with Crippen LogP contribution in [0.2, 0.25) is 5.02 Å². The van der Waals surface area contributed by atoms with Gasteiger partial charge in [-0.2, -0.15) is 5.10 Å². The summed E-state index contributed by atoms with van der Waals surface area (Å²) in [6.45, 7) is 4.97. The van der Waals surface area contributed by atoms with Gasteiger partial charge in [-0.1, -0.05) is 35.9 Å². The van der Waals surface area contributed by atoms with Gasteiger partial charge in [-0.05, 0) is 79.6 Å². The molecule has 5 heterocycles. The van der Waals surface area contributed by atoms with E-state index in [0.717, 1.165) is 27.4 Å². The maximum absolute atomic E-state index is 14.0. The molecule has 2 N–H and O–H groups in total. The van der Waals surface area contributed by atoms with Crippen molar-refractivity contribution < 1.29 is 47.7 Å². The molecular formula is C50H51ClFN7O9. The minimum absolute atomic E-state index is 0.125. The number of fused-ring (bicyclic) bond motifs is 3. The van der Waals surface area contributed by atoms with Crippen molar-refractivity contribution >= 4 is 62.9 Å². The number of aryl methyl sites for hydroxylation is 3. The summed E-state index contributed by atoms with van der Waals surface area (Å²) in [6.07, 6.45) is 1.25. The third-order valence-electron chi connectivity index (χ3n) is 13.2. The Morgan fingerprint density at radius 2 is 1.71 bits per heavy atom. The van der Waals surface area contributed by atoms with Crippen molar-refractivity contribution in [2.45, 2.75) is 58.3 Å². The van der Waals surface area contributed by atoms with E-state index >= 15 is 0 Å². The average Bonchev–Trinajstić information content (AvgIpc) is 3.93. The van der Waals surface area contributed by atoms with E-state index in [4.69, 9.17) is 30.9 Å². The Hall–Kier alpha value is -6.82. The number of amides is 4. The second-order valence-corrected chi connectivity index (χ2v) is 17.7. The second-order valence-electron chi connectivity index (χ2n) is 17.3. The Kier molecular flexibility index (Phi) is 13.2. The van der Waals surface area contributed by atoms with Crippen LogP contribution >= 0.6 is 11.6 Å². The SMILES string of the molecule is COCc1c(-c2c(Cl)ccc3c(CCCOc4cccc5cc(F)ccc45)c(C(=O)O)n(CCN4CCN(C(=O)COc5cccc6c5CN(C5CCC(=O)NC5=O)C6=O)CC4)c23)c(C)nn1C. The molecule has 0 aliphatic carbocycles. The van der Waals surface area contributed by atoms with Crippen LogP contribution in [-0.2, 0) is 52.3 Å². The molecule has 2 aromatic heterocycles. The first-order chi connectivity index (χ1) is 32.8. The zero-order valence-corrected chi connectivity index (χ0v) is 38.7. The Morgan fingerprint density at radius 3 is 2.47 bits per heavy atom. The number of methoxy groups -OCH3 is 1. The molecule has 0 saturated carbocycles. The second kappa shape index (κ2) is 19.4. The monoisotopic (exact) mass is 947 g/mol. The number of piperazine rings is 1. The fraction of sp³-hybridized carbons (Fsp3) is 0.360. The number of nitrogens with zero attached hydrogens (tertiary/aromatic N) is 6. The first-order valence-corrected chi connectivity index (χ1v) is 23.0. The number of aromatic carboxylic acids is 1. The third kappa shape index (κ3) is 8.88. The quantitative estimate of drug-likeness (QED) is 0.0843. The standard InChI is InChI=1S/C50H51ClFN7O9/c1-29-44(39(27-66-3)55(2)54-29)45-37(51)15-14-34-33(9-6-24-67-40-10-4-7-30-25-31(52)12-13-32(30)40)47(50(64)65)58(46(34)45)23-20-56-18-21-57(22-19-56)43(61)28-68-41-11-5-8-35-36(41)26-59(49(35)63)38-16-17-42(60)53-48(38)62/h4-5,7-8,10-15,25,38H,6,9,16-24,26-28H2,1-3H3,(H,64,65)(H,53,60,62). The average molecular weight is 948 g/mol. The molecule has 2 saturated heterocycles. The van der Waals surface area contributed by atoms with Gasteiger partial charge in [-0.15, -0.1) is 0 Å². The molecule has 18 heteroatoms. The Labute approximate surface area is 396 Å². The maximum Gasteiger partial charge on any atom is 0.352 e. The van der Waals surface area contributed by atoms with E-state index in [-0.39, 0.29) is 68.4 Å². The van der Waals surface area contributed by atoms with Crippen molar-refractivity contribution in [2.75, 3.05) is 53.0 Å². The molecule has 4 aromatic carbocycles. The molecular weight excluding hydrogens is 897 g/mol. The summed E-state index contributed by atoms with van der Waals surface area (Å²) in [5, 5.41) is 20.7. The normalized spacial score (nSPS) is 16.5. The van der Waals surface area contributed by atoms with Crippen LogP contribution in [-0.4, -0.2) is 123 Å². The van der Waals surface area contributed by atoms with Crippen LogP contribution < -0.4 is 14.8 Å². The van der Waals surface area contributed by atoms with Crippen LogP contribution in [0.25, 0.3) is 32.8 Å². The van der Waals surface area contributed by atoms with Gasteiger partial charge in [-0.25, -0.2) is 9.18 Å². The molecule has 9 rings (SSSR count). The smallest absolute Gasteiger partial charge is 0.352 e. The molecule has 16 nitrogen and oxygen atoms in total. The number of halogens is 2. The van der Waals surface area contributed by atoms with Crippen molar-refractivity contribution in [3.63, 3.8) is 0 Å². The first kappa shape index (κ1) is 46.3. The number of carboxylic acids is 1. The number of rotatable bonds is 16. The lowest BCUT2D eigenvalue weighted by Crippen LogP contribution is -2.52. The lowest BCUT2D eigenvalue weighted by molar-refractivity contribution is -0.137. The van der Waals surface area contributed by atoms with E-state index < -0.39 is 17.9 Å². The van der Waals surface area contributed by atoms with Gasteiger partial charge in [0.1, 0.15) is 29.1 Å². The summed E-state index contributed by atoms with van der Waals surface area (Å²) in [5.74, 6) is -1.84. The van der Waals surface area contributed by atoms with Gasteiger partial charge in [-0.3, -0.25) is 34.1 Å². The van der Waals surface area contributed by atoms with E-state index in [1.165, 1.54) is 17.0 Å². The van der Waals surface area contributed by atoms with Crippen LogP contribution in [0.1, 0.15) is 62.6 Å². The predicted octanol–water partition coefficient (Wildman–Crippen LogP) is 6.14. The summed E-state index contributed by atoms with van der Waals surface area (Å²) >= 11 is 7.12. The minimum Gasteiger partial charge on any atom is -0.493 e. The number of hydrogen-bond acceptors (Lipinski definition) is 10. The number of benzene rings is 4. The zero-order chi connectivity index (χ0) is 47.8. The van der Waals surface area contributed by atoms with Gasteiger partial charge in [0.2, 0.25) is 11.8 Å². The van der Waals surface area contributed by atoms with Crippen LogP contribution in [0, 0.1) is 12.7 Å². The topological polar surface area (TPSA) is 178 Å². The number of carboxylic acid groups (broad SMARTS) is 1. The molecule has 3 aliphatic heterocycles. The molecule has 6 aromatic rings. The Balaban J connectivity index is 0.912. The summed E-state index contributed by atoms with van der Waals surface area (Å²) < 4.78 is 35.4. The number of carbonyl (C=O) groups is 5. The molecule has 4 amide bonds. The number of ether oxygens (including phenoxy) is 3. The first-order valence-electron chi connectivity index (χ1n) is 22.6. The highest BCUT2D eigenvalue weighted by atomic mass is 35.5. The molecule has 354 valence electrons. The van der Waals surface area contributed by atoms with E-state index in [9.17, 15) is 33.5 Å². The highest BCUT2D eigenvalue weighted by Gasteiger charge is 2.40. The van der Waals surface area contributed by atoms with Gasteiger partial charge < -0.3 is 33.7 Å². The van der Waals surface area contributed by atoms with Crippen LogP contribution in [0.5, 0.6) is 11.5 Å². The van der Waals surface area contributed by atoms with Crippen LogP contribution in [0.3, 0.4) is 0 Å². The fourth-order valence-corrected chi connectivity index (χ4v) is 10.2. The molecule has 1 unspecified atom stereocenters. The van der Waals surface area contributed by atoms with Gasteiger partial charge in [0.15, 0.2) is 6.61 Å². The maximum atomic E-state index is 14.0. The van der Waals surface area contributed by atoms with Gasteiger partial charge in [0.25, 0.3) is 11.8 Å². The molecule has 2 fully saturated rings. The van der Waals surface area contributed by atoms with Crippen molar-refractivity contribution in [1.82, 2.24) is 34.4 Å². The van der Waals surface area contributed by atoms with Gasteiger partial charge >= 0.3 is 5.97 Å². The third-order valence-corrected chi connectivity index (χ3v) is 13.6. The van der Waals surface area contributed by atoms with Crippen molar-refractivity contribution in [1.29, 1.82) is 0 Å². The van der Waals surface area contributed by atoms with Crippen molar-refractivity contribution in [2.24, 2.45) is 7.05 Å². The molecule has 1 atom stereocenters. The summed E-state index contributed by atoms with van der Waals surface area (Å²) in [6, 6.07) is 18.0. The number of nitrogens with one attached hydrogen (secondary N) is 1. The summed E-state index contributed by atoms with van der Waals surface area (Å²) in [5.41, 5.74) is 5.41. The van der Waals surface area contributed by atoms with E-state index in [0.29, 0.717) is 102 Å². The number of piperidine rings is 1. The van der Waals surface area contributed by atoms with Crippen LogP contribution in [0.15, 0.2) is 66.7 Å². The lowest BCUT2D eigenvalue weighted by atomic mass is 9.98. The minimum atomic E-state index is -1.08. The number of hydrogen-bond donors (Lipinski definition) is 2. The fourth-order valence-electron chi connectivity index (χ4n) is 9.95. The highest BCUT2D eigenvalue weighted by Crippen LogP contribution is 2.43. The lowest BCUT2D eigenvalue weighted by Gasteiger charge is -2.35. The number of aromatic nitrogens is 3. The van der Waals surface area contributed by atoms with Crippen LogP contribution in [0.4, 0.5) is 4.39 Å². The number of carbonyl (C=O) groups excluding carboxylic acids is 4. The zero-order valence-electron chi connectivity index (χ0n) is 38.0. The molecule has 0 bridgehead atoms. The van der Waals surface area contributed by atoms with Gasteiger partial charge in [0, 0.05) is 92.9 Å². The summed E-state index contributed by atoms with van der Waals surface area (Å²) in [4.78, 5) is 70.0. The molecule has 0 spiro atoms. The van der Waals surface area contributed by atoms with E-state index in [1.807, 2.05) is 42.8 Å². The van der Waals surface area contributed by atoms with Crippen molar-refractivity contribution in [3.05, 3.63) is 111 Å². The summed E-state index contributed by atoms with van der Waals surface area (Å²) in [7, 11) is 3.44. The van der Waals surface area contributed by atoms with E-state index in [2.05, 4.69) is 10.2 Å². The predicted molar refractivity (Wildman–Crippen MR) is 250 cm³/mol. The molecule has 68 heavy (non-hydrogen) atoms. The van der Waals surface area contributed by atoms with Gasteiger partial charge in [0.05, 0.1) is 41.7 Å². The Morgan fingerprint density at radius 1 is 0.941 bits per heavy atom. The number of imide groups is 1. The van der Waals surface area contributed by atoms with E-state index in [1.54, 1.807) is 47.0 Å². The highest BCUT2D eigenvalue weighted by molar-refractivity contribution is 6.35.